The van der Waals surface area contributed by atoms with E-state index in [9.17, 15) is 9.18 Å². The SMILES string of the molecule is COC(=O)CC[C@H]1CN(Cc2c(F)cccc2Cl)CC[C@H]1N1CCN(C)CC1. The first-order valence-corrected chi connectivity index (χ1v) is 10.5. The zero-order valence-electron chi connectivity index (χ0n) is 16.9. The summed E-state index contributed by atoms with van der Waals surface area (Å²) in [6, 6.07) is 5.31. The molecule has 0 aromatic heterocycles. The van der Waals surface area contributed by atoms with Crippen molar-refractivity contribution in [3.05, 3.63) is 34.6 Å². The van der Waals surface area contributed by atoms with Crippen LogP contribution in [0.1, 0.15) is 24.8 Å². The number of rotatable bonds is 6. The van der Waals surface area contributed by atoms with Gasteiger partial charge in [-0.15, -0.1) is 0 Å². The summed E-state index contributed by atoms with van der Waals surface area (Å²) in [5.74, 6) is -0.0481. The molecule has 0 amide bonds. The summed E-state index contributed by atoms with van der Waals surface area (Å²) >= 11 is 6.23. The lowest BCUT2D eigenvalue weighted by Gasteiger charge is -2.46. The van der Waals surface area contributed by atoms with Gasteiger partial charge in [-0.25, -0.2) is 4.39 Å². The Morgan fingerprint density at radius 1 is 1.25 bits per heavy atom. The number of ether oxygens (including phenoxy) is 1. The Balaban J connectivity index is 1.67. The van der Waals surface area contributed by atoms with Gasteiger partial charge in [0.15, 0.2) is 0 Å². The van der Waals surface area contributed by atoms with Gasteiger partial charge in [0.2, 0.25) is 0 Å². The molecule has 0 spiro atoms. The first-order chi connectivity index (χ1) is 13.5. The van der Waals surface area contributed by atoms with Crippen LogP contribution >= 0.6 is 11.6 Å². The molecule has 28 heavy (non-hydrogen) atoms. The van der Waals surface area contributed by atoms with E-state index in [2.05, 4.69) is 21.7 Å². The van der Waals surface area contributed by atoms with Crippen LogP contribution in [-0.4, -0.2) is 80.1 Å². The maximum absolute atomic E-state index is 14.2. The number of benzene rings is 1. The third-order valence-electron chi connectivity index (χ3n) is 6.18. The Kier molecular flexibility index (Phi) is 7.69. The molecule has 2 aliphatic rings. The van der Waals surface area contributed by atoms with Gasteiger partial charge >= 0.3 is 5.97 Å². The van der Waals surface area contributed by atoms with E-state index >= 15 is 0 Å². The van der Waals surface area contributed by atoms with Crippen LogP contribution in [-0.2, 0) is 16.1 Å². The van der Waals surface area contributed by atoms with Crippen molar-refractivity contribution >= 4 is 17.6 Å². The number of carbonyl (C=O) groups is 1. The number of methoxy groups -OCH3 is 1. The molecule has 2 atom stereocenters. The van der Waals surface area contributed by atoms with Crippen LogP contribution in [0, 0.1) is 11.7 Å². The van der Waals surface area contributed by atoms with Crippen molar-refractivity contribution in [1.82, 2.24) is 14.7 Å². The van der Waals surface area contributed by atoms with Crippen LogP contribution in [0.15, 0.2) is 18.2 Å². The van der Waals surface area contributed by atoms with Crippen LogP contribution in [0.25, 0.3) is 0 Å². The molecule has 1 aromatic carbocycles. The van der Waals surface area contributed by atoms with Crippen LogP contribution < -0.4 is 0 Å². The highest BCUT2D eigenvalue weighted by Gasteiger charge is 2.34. The summed E-state index contributed by atoms with van der Waals surface area (Å²) in [6.07, 6.45) is 2.26. The van der Waals surface area contributed by atoms with Crippen molar-refractivity contribution in [3.8, 4) is 0 Å². The third-order valence-corrected chi connectivity index (χ3v) is 6.53. The fourth-order valence-corrected chi connectivity index (χ4v) is 4.69. The molecule has 2 heterocycles. The molecule has 2 saturated heterocycles. The number of piperazine rings is 1. The normalized spacial score (nSPS) is 25.0. The summed E-state index contributed by atoms with van der Waals surface area (Å²) in [7, 11) is 3.60. The molecule has 0 saturated carbocycles. The van der Waals surface area contributed by atoms with Gasteiger partial charge in [0, 0.05) is 62.3 Å². The van der Waals surface area contributed by atoms with E-state index in [1.54, 1.807) is 12.1 Å². The minimum atomic E-state index is -0.250. The number of hydrogen-bond acceptors (Lipinski definition) is 5. The molecule has 5 nitrogen and oxygen atoms in total. The van der Waals surface area contributed by atoms with E-state index < -0.39 is 0 Å². The van der Waals surface area contributed by atoms with E-state index in [1.165, 1.54) is 13.2 Å². The quantitative estimate of drug-likeness (QED) is 0.673. The van der Waals surface area contributed by atoms with Gasteiger partial charge in [0.1, 0.15) is 5.82 Å². The molecule has 156 valence electrons. The molecule has 0 bridgehead atoms. The summed E-state index contributed by atoms with van der Waals surface area (Å²) in [6.45, 7) is 6.55. The zero-order valence-corrected chi connectivity index (χ0v) is 17.6. The van der Waals surface area contributed by atoms with Gasteiger partial charge in [0.05, 0.1) is 7.11 Å². The predicted octanol–water partition coefficient (Wildman–Crippen LogP) is 2.87. The second-order valence-corrected chi connectivity index (χ2v) is 8.41. The van der Waals surface area contributed by atoms with Gasteiger partial charge in [-0.1, -0.05) is 17.7 Å². The van der Waals surface area contributed by atoms with E-state index in [0.717, 1.165) is 52.1 Å². The monoisotopic (exact) mass is 411 g/mol. The zero-order chi connectivity index (χ0) is 20.1. The van der Waals surface area contributed by atoms with Crippen molar-refractivity contribution in [1.29, 1.82) is 0 Å². The average molecular weight is 412 g/mol. The number of likely N-dealkylation sites (tertiary alicyclic amines) is 1. The number of piperidine rings is 1. The molecule has 0 radical (unpaired) electrons. The minimum absolute atomic E-state index is 0.161. The first kappa shape index (κ1) is 21.5. The molecule has 2 fully saturated rings. The second-order valence-electron chi connectivity index (χ2n) is 8.01. The number of carbonyl (C=O) groups excluding carboxylic acids is 1. The largest absolute Gasteiger partial charge is 0.469 e. The standard InChI is InChI=1S/C21H31ClFN3O2/c1-24-10-12-26(13-11-24)20-8-9-25(14-16(20)6-7-21(27)28-2)15-17-18(22)4-3-5-19(17)23/h3-5,16,20H,6-15H2,1-2H3/t16-,20+/m0/s1. The van der Waals surface area contributed by atoms with E-state index in [0.29, 0.717) is 35.5 Å². The van der Waals surface area contributed by atoms with Gasteiger partial charge in [-0.2, -0.15) is 0 Å². The Hall–Kier alpha value is -1.21. The molecule has 2 aliphatic heterocycles. The van der Waals surface area contributed by atoms with Crippen molar-refractivity contribution in [2.24, 2.45) is 5.92 Å². The van der Waals surface area contributed by atoms with Crippen LogP contribution in [0.3, 0.4) is 0 Å². The Morgan fingerprint density at radius 2 is 2.00 bits per heavy atom. The molecular weight excluding hydrogens is 381 g/mol. The molecular formula is C21H31ClFN3O2. The number of hydrogen-bond donors (Lipinski definition) is 0. The fraction of sp³-hybridized carbons (Fsp3) is 0.667. The third kappa shape index (κ3) is 5.44. The van der Waals surface area contributed by atoms with E-state index in [-0.39, 0.29) is 11.8 Å². The second kappa shape index (κ2) is 10.0. The smallest absolute Gasteiger partial charge is 0.305 e. The lowest BCUT2D eigenvalue weighted by atomic mass is 9.86. The number of nitrogens with zero attached hydrogens (tertiary/aromatic N) is 3. The van der Waals surface area contributed by atoms with Crippen LogP contribution in [0.5, 0.6) is 0 Å². The van der Waals surface area contributed by atoms with Crippen molar-refractivity contribution in [2.45, 2.75) is 31.8 Å². The lowest BCUT2D eigenvalue weighted by molar-refractivity contribution is -0.141. The minimum Gasteiger partial charge on any atom is -0.469 e. The van der Waals surface area contributed by atoms with Gasteiger partial charge in [0.25, 0.3) is 0 Å². The van der Waals surface area contributed by atoms with Crippen molar-refractivity contribution in [2.75, 3.05) is 53.4 Å². The molecule has 3 rings (SSSR count). The number of likely N-dealkylation sites (N-methyl/N-ethyl adjacent to an activating group) is 1. The Labute approximate surface area is 172 Å². The Morgan fingerprint density at radius 3 is 2.68 bits per heavy atom. The van der Waals surface area contributed by atoms with E-state index in [1.807, 2.05) is 0 Å². The molecule has 0 aliphatic carbocycles. The summed E-state index contributed by atoms with van der Waals surface area (Å²) in [5, 5.41) is 0.479. The van der Waals surface area contributed by atoms with Crippen molar-refractivity contribution < 1.29 is 13.9 Å². The molecule has 0 N–H and O–H groups in total. The highest BCUT2D eigenvalue weighted by molar-refractivity contribution is 6.31. The first-order valence-electron chi connectivity index (χ1n) is 10.1. The molecule has 1 aromatic rings. The van der Waals surface area contributed by atoms with Gasteiger partial charge < -0.3 is 9.64 Å². The molecule has 7 heteroatoms. The highest BCUT2D eigenvalue weighted by Crippen LogP contribution is 2.29. The number of esters is 1. The van der Waals surface area contributed by atoms with Crippen LogP contribution in [0.4, 0.5) is 4.39 Å². The van der Waals surface area contributed by atoms with E-state index in [4.69, 9.17) is 16.3 Å². The number of halogens is 2. The van der Waals surface area contributed by atoms with Crippen LogP contribution in [0.2, 0.25) is 5.02 Å². The maximum Gasteiger partial charge on any atom is 0.305 e. The van der Waals surface area contributed by atoms with Crippen molar-refractivity contribution in [3.63, 3.8) is 0 Å². The van der Waals surface area contributed by atoms with Gasteiger partial charge in [-0.3, -0.25) is 14.6 Å². The Bertz CT molecular complexity index is 647. The summed E-state index contributed by atoms with van der Waals surface area (Å²) in [4.78, 5) is 18.9. The summed E-state index contributed by atoms with van der Waals surface area (Å²) < 4.78 is 19.1. The maximum atomic E-state index is 14.2. The predicted molar refractivity (Wildman–Crippen MR) is 109 cm³/mol. The summed E-state index contributed by atoms with van der Waals surface area (Å²) in [5.41, 5.74) is 0.564. The average Bonchev–Trinajstić information content (AvgIpc) is 2.70. The van der Waals surface area contributed by atoms with Gasteiger partial charge in [-0.05, 0) is 44.5 Å². The highest BCUT2D eigenvalue weighted by atomic mass is 35.5. The molecule has 0 unspecified atom stereocenters. The lowest BCUT2D eigenvalue weighted by Crippen LogP contribution is -2.56. The topological polar surface area (TPSA) is 36.0 Å². The fourth-order valence-electron chi connectivity index (χ4n) is 4.47.